The fourth-order valence-corrected chi connectivity index (χ4v) is 2.03. The van der Waals surface area contributed by atoms with Crippen LogP contribution in [-0.2, 0) is 0 Å². The number of pyridine rings is 1. The monoisotopic (exact) mass is 204 g/mol. The lowest BCUT2D eigenvalue weighted by atomic mass is 10.1. The number of rotatable bonds is 3. The molecule has 0 amide bonds. The Balaban J connectivity index is 2.07. The van der Waals surface area contributed by atoms with E-state index in [1.165, 1.54) is 12.8 Å². The molecular weight excluding hydrogens is 188 g/mol. The van der Waals surface area contributed by atoms with Crippen LogP contribution in [0.1, 0.15) is 30.1 Å². The zero-order chi connectivity index (χ0) is 10.7. The normalized spacial score (nSPS) is 20.6. The summed E-state index contributed by atoms with van der Waals surface area (Å²) in [6, 6.07) is 3.76. The van der Waals surface area contributed by atoms with E-state index in [1.54, 1.807) is 6.20 Å². The molecule has 3 nitrogen and oxygen atoms in total. The third-order valence-corrected chi connectivity index (χ3v) is 3.09. The molecule has 1 atom stereocenters. The van der Waals surface area contributed by atoms with Crippen LogP contribution >= 0.6 is 0 Å². The minimum absolute atomic E-state index is 0.644. The van der Waals surface area contributed by atoms with Crippen LogP contribution in [0.15, 0.2) is 18.3 Å². The van der Waals surface area contributed by atoms with Crippen LogP contribution in [0.4, 0.5) is 5.82 Å². The van der Waals surface area contributed by atoms with Gasteiger partial charge in [0, 0.05) is 24.8 Å². The van der Waals surface area contributed by atoms with Gasteiger partial charge in [0.2, 0.25) is 0 Å². The third kappa shape index (κ3) is 2.17. The molecule has 0 saturated carbocycles. The molecule has 0 spiro atoms. The van der Waals surface area contributed by atoms with Crippen LogP contribution in [0.3, 0.4) is 0 Å². The molecule has 0 aromatic carbocycles. The smallest absolute Gasteiger partial charge is 0.151 e. The maximum atomic E-state index is 10.5. The van der Waals surface area contributed by atoms with Gasteiger partial charge in [-0.2, -0.15) is 0 Å². The average Bonchev–Trinajstić information content (AvgIpc) is 2.78. The van der Waals surface area contributed by atoms with Crippen molar-refractivity contribution in [1.29, 1.82) is 0 Å². The first-order chi connectivity index (χ1) is 7.33. The Morgan fingerprint density at radius 1 is 1.60 bits per heavy atom. The Labute approximate surface area is 90.1 Å². The zero-order valence-corrected chi connectivity index (χ0v) is 9.02. The van der Waals surface area contributed by atoms with Crippen LogP contribution < -0.4 is 4.90 Å². The highest BCUT2D eigenvalue weighted by atomic mass is 16.1. The predicted octanol–water partition coefficient (Wildman–Crippen LogP) is 2.13. The molecule has 15 heavy (non-hydrogen) atoms. The van der Waals surface area contributed by atoms with Gasteiger partial charge in [-0.05, 0) is 24.5 Å². The SMILES string of the molecule is CCC1CCN(c2ccc(C=O)cn2)C1. The molecule has 2 heterocycles. The van der Waals surface area contributed by atoms with Crippen LogP contribution in [0, 0.1) is 5.92 Å². The van der Waals surface area contributed by atoms with Crippen LogP contribution in [-0.4, -0.2) is 24.4 Å². The van der Waals surface area contributed by atoms with E-state index in [-0.39, 0.29) is 0 Å². The van der Waals surface area contributed by atoms with Gasteiger partial charge in [-0.15, -0.1) is 0 Å². The summed E-state index contributed by atoms with van der Waals surface area (Å²) in [6.07, 6.45) is 4.97. The van der Waals surface area contributed by atoms with E-state index in [9.17, 15) is 4.79 Å². The van der Waals surface area contributed by atoms with Crippen molar-refractivity contribution in [3.63, 3.8) is 0 Å². The highest BCUT2D eigenvalue weighted by molar-refractivity contribution is 5.74. The highest BCUT2D eigenvalue weighted by Gasteiger charge is 2.21. The lowest BCUT2D eigenvalue weighted by molar-refractivity contribution is 0.112. The van der Waals surface area contributed by atoms with Gasteiger partial charge in [0.1, 0.15) is 5.82 Å². The van der Waals surface area contributed by atoms with E-state index < -0.39 is 0 Å². The molecule has 1 saturated heterocycles. The van der Waals surface area contributed by atoms with Gasteiger partial charge in [0.15, 0.2) is 6.29 Å². The standard InChI is InChI=1S/C12H16N2O/c1-2-10-5-6-14(8-10)12-4-3-11(9-15)7-13-12/h3-4,7,9-10H,2,5-6,8H2,1H3. The minimum atomic E-state index is 0.644. The second-order valence-electron chi connectivity index (χ2n) is 4.08. The quantitative estimate of drug-likeness (QED) is 0.707. The summed E-state index contributed by atoms with van der Waals surface area (Å²) in [5.41, 5.74) is 0.644. The molecule has 0 radical (unpaired) electrons. The minimum Gasteiger partial charge on any atom is -0.356 e. The molecule has 0 aliphatic carbocycles. The van der Waals surface area contributed by atoms with E-state index in [4.69, 9.17) is 0 Å². The number of aromatic nitrogens is 1. The van der Waals surface area contributed by atoms with Crippen molar-refractivity contribution in [2.45, 2.75) is 19.8 Å². The predicted molar refractivity (Wildman–Crippen MR) is 60.2 cm³/mol. The summed E-state index contributed by atoms with van der Waals surface area (Å²) in [5.74, 6) is 1.80. The van der Waals surface area contributed by atoms with Crippen LogP contribution in [0.25, 0.3) is 0 Å². The maximum Gasteiger partial charge on any atom is 0.151 e. The molecule has 0 bridgehead atoms. The molecule has 2 rings (SSSR count). The molecule has 0 N–H and O–H groups in total. The Morgan fingerprint density at radius 3 is 3.00 bits per heavy atom. The molecule has 1 fully saturated rings. The summed E-state index contributed by atoms with van der Waals surface area (Å²) >= 11 is 0. The highest BCUT2D eigenvalue weighted by Crippen LogP contribution is 2.23. The van der Waals surface area contributed by atoms with Gasteiger partial charge >= 0.3 is 0 Å². The third-order valence-electron chi connectivity index (χ3n) is 3.09. The molecule has 1 aromatic rings. The molecule has 1 aliphatic heterocycles. The van der Waals surface area contributed by atoms with Crippen molar-refractivity contribution in [2.24, 2.45) is 5.92 Å². The second-order valence-corrected chi connectivity index (χ2v) is 4.08. The van der Waals surface area contributed by atoms with Gasteiger partial charge in [0.05, 0.1) is 0 Å². The molecular formula is C12H16N2O. The first kappa shape index (κ1) is 10.1. The van der Waals surface area contributed by atoms with Crippen molar-refractivity contribution in [2.75, 3.05) is 18.0 Å². The fourth-order valence-electron chi connectivity index (χ4n) is 2.03. The lowest BCUT2D eigenvalue weighted by Crippen LogP contribution is -2.20. The van der Waals surface area contributed by atoms with E-state index >= 15 is 0 Å². The topological polar surface area (TPSA) is 33.2 Å². The van der Waals surface area contributed by atoms with E-state index in [1.807, 2.05) is 12.1 Å². The number of carbonyl (C=O) groups is 1. The Morgan fingerprint density at radius 2 is 2.47 bits per heavy atom. The van der Waals surface area contributed by atoms with Crippen molar-refractivity contribution in [3.8, 4) is 0 Å². The lowest BCUT2D eigenvalue weighted by Gasteiger charge is -2.16. The molecule has 1 unspecified atom stereocenters. The second kappa shape index (κ2) is 4.43. The van der Waals surface area contributed by atoms with Crippen molar-refractivity contribution < 1.29 is 4.79 Å². The molecule has 1 aliphatic rings. The van der Waals surface area contributed by atoms with E-state index in [2.05, 4.69) is 16.8 Å². The van der Waals surface area contributed by atoms with Gasteiger partial charge in [-0.1, -0.05) is 13.3 Å². The van der Waals surface area contributed by atoms with E-state index in [0.717, 1.165) is 31.1 Å². The molecule has 80 valence electrons. The van der Waals surface area contributed by atoms with Crippen molar-refractivity contribution in [3.05, 3.63) is 23.9 Å². The molecule has 3 heteroatoms. The van der Waals surface area contributed by atoms with Crippen molar-refractivity contribution in [1.82, 2.24) is 4.98 Å². The Kier molecular flexibility index (Phi) is 2.99. The summed E-state index contributed by atoms with van der Waals surface area (Å²) in [6.45, 7) is 4.42. The van der Waals surface area contributed by atoms with Gasteiger partial charge in [-0.3, -0.25) is 4.79 Å². The van der Waals surface area contributed by atoms with Crippen molar-refractivity contribution >= 4 is 12.1 Å². The number of hydrogen-bond donors (Lipinski definition) is 0. The maximum absolute atomic E-state index is 10.5. The zero-order valence-electron chi connectivity index (χ0n) is 9.02. The number of anilines is 1. The Hall–Kier alpha value is -1.38. The van der Waals surface area contributed by atoms with E-state index in [0.29, 0.717) is 5.56 Å². The largest absolute Gasteiger partial charge is 0.356 e. The summed E-state index contributed by atoms with van der Waals surface area (Å²) in [4.78, 5) is 17.1. The number of nitrogens with zero attached hydrogens (tertiary/aromatic N) is 2. The van der Waals surface area contributed by atoms with Gasteiger partial charge in [0.25, 0.3) is 0 Å². The number of hydrogen-bond acceptors (Lipinski definition) is 3. The summed E-state index contributed by atoms with van der Waals surface area (Å²) in [7, 11) is 0. The van der Waals surface area contributed by atoms with Crippen LogP contribution in [0.5, 0.6) is 0 Å². The van der Waals surface area contributed by atoms with Gasteiger partial charge < -0.3 is 4.90 Å². The molecule has 1 aromatic heterocycles. The first-order valence-corrected chi connectivity index (χ1v) is 5.49. The average molecular weight is 204 g/mol. The summed E-state index contributed by atoms with van der Waals surface area (Å²) in [5, 5.41) is 0. The first-order valence-electron chi connectivity index (χ1n) is 5.49. The summed E-state index contributed by atoms with van der Waals surface area (Å²) < 4.78 is 0. The Bertz CT molecular complexity index is 334. The van der Waals surface area contributed by atoms with Gasteiger partial charge in [-0.25, -0.2) is 4.98 Å². The van der Waals surface area contributed by atoms with Crippen LogP contribution in [0.2, 0.25) is 0 Å². The fraction of sp³-hybridized carbons (Fsp3) is 0.500. The number of aldehydes is 1. The number of carbonyl (C=O) groups excluding carboxylic acids is 1.